The van der Waals surface area contributed by atoms with Gasteiger partial charge in [-0.2, -0.15) is 0 Å². The minimum Gasteiger partial charge on any atom is -0.356 e. The molecule has 0 aliphatic carbocycles. The third kappa shape index (κ3) is 6.83. The molecule has 1 aromatic rings. The van der Waals surface area contributed by atoms with E-state index in [2.05, 4.69) is 60.7 Å². The van der Waals surface area contributed by atoms with E-state index >= 15 is 0 Å². The number of guanidine groups is 1. The maximum Gasteiger partial charge on any atom is 0.191 e. The lowest BCUT2D eigenvalue weighted by molar-refractivity contribution is 0.698. The molecule has 0 aromatic heterocycles. The Hall–Kier alpha value is -0.780. The Morgan fingerprint density at radius 2 is 1.83 bits per heavy atom. The van der Waals surface area contributed by atoms with Crippen LogP contribution in [-0.2, 0) is 6.42 Å². The molecule has 1 aromatic carbocycles. The van der Waals surface area contributed by atoms with Crippen molar-refractivity contribution in [1.29, 1.82) is 0 Å². The normalized spacial score (nSPS) is 11.1. The molecule has 0 radical (unpaired) electrons. The molecular weight excluding hydrogens is 337 g/mol. The molecule has 0 bridgehead atoms. The van der Waals surface area contributed by atoms with Crippen molar-refractivity contribution in [2.75, 3.05) is 13.6 Å². The number of halogens is 1. The minimum atomic E-state index is 0. The van der Waals surface area contributed by atoms with Gasteiger partial charge in [0.2, 0.25) is 0 Å². The number of hydrogen-bond donors (Lipinski definition) is 2. The predicted octanol–water partition coefficient (Wildman–Crippen LogP) is 2.73. The van der Waals surface area contributed by atoms with Crippen molar-refractivity contribution >= 4 is 29.9 Å². The molecule has 2 N–H and O–H groups in total. The highest BCUT2D eigenvalue weighted by Crippen LogP contribution is 2.02. The molecule has 0 aliphatic heterocycles. The van der Waals surface area contributed by atoms with Crippen molar-refractivity contribution in [3.8, 4) is 0 Å². The molecule has 0 heterocycles. The summed E-state index contributed by atoms with van der Waals surface area (Å²) in [5, 5.41) is 6.57. The van der Waals surface area contributed by atoms with E-state index in [0.717, 1.165) is 18.9 Å². The van der Waals surface area contributed by atoms with Gasteiger partial charge in [-0.3, -0.25) is 4.99 Å². The van der Waals surface area contributed by atoms with Crippen molar-refractivity contribution in [3.05, 3.63) is 35.4 Å². The number of aryl methyl sites for hydroxylation is 1. The molecule has 0 spiro atoms. The van der Waals surface area contributed by atoms with E-state index in [9.17, 15) is 0 Å². The van der Waals surface area contributed by atoms with E-state index in [1.165, 1.54) is 11.1 Å². The largest absolute Gasteiger partial charge is 0.356 e. The first kappa shape index (κ1) is 17.2. The van der Waals surface area contributed by atoms with E-state index in [-0.39, 0.29) is 24.0 Å². The first-order valence-electron chi connectivity index (χ1n) is 6.14. The lowest BCUT2D eigenvalue weighted by Gasteiger charge is -2.14. The van der Waals surface area contributed by atoms with Crippen LogP contribution in [0.5, 0.6) is 0 Å². The van der Waals surface area contributed by atoms with Gasteiger partial charge in [-0.05, 0) is 32.8 Å². The fourth-order valence-corrected chi connectivity index (χ4v) is 1.55. The zero-order valence-electron chi connectivity index (χ0n) is 11.7. The number of rotatable bonds is 4. The Morgan fingerprint density at radius 1 is 1.22 bits per heavy atom. The highest BCUT2D eigenvalue weighted by molar-refractivity contribution is 14.0. The smallest absolute Gasteiger partial charge is 0.191 e. The number of benzene rings is 1. The molecule has 0 amide bonds. The average Bonchev–Trinajstić information content (AvgIpc) is 2.30. The quantitative estimate of drug-likeness (QED) is 0.492. The van der Waals surface area contributed by atoms with Crippen LogP contribution in [0.1, 0.15) is 25.0 Å². The molecule has 1 rings (SSSR count). The summed E-state index contributed by atoms with van der Waals surface area (Å²) in [5.41, 5.74) is 2.65. The van der Waals surface area contributed by atoms with Gasteiger partial charge in [-0.15, -0.1) is 24.0 Å². The molecule has 0 aliphatic rings. The Labute approximate surface area is 127 Å². The summed E-state index contributed by atoms with van der Waals surface area (Å²) in [6, 6.07) is 9.05. The summed E-state index contributed by atoms with van der Waals surface area (Å²) in [4.78, 5) is 4.17. The van der Waals surface area contributed by atoms with Crippen LogP contribution in [-0.4, -0.2) is 25.6 Å². The van der Waals surface area contributed by atoms with Crippen LogP contribution in [0, 0.1) is 6.92 Å². The van der Waals surface area contributed by atoms with Crippen LogP contribution in [0.3, 0.4) is 0 Å². The Morgan fingerprint density at radius 3 is 2.33 bits per heavy atom. The Balaban J connectivity index is 0.00000289. The number of nitrogens with zero attached hydrogens (tertiary/aromatic N) is 1. The summed E-state index contributed by atoms with van der Waals surface area (Å²) < 4.78 is 0. The molecule has 3 nitrogen and oxygen atoms in total. The van der Waals surface area contributed by atoms with Gasteiger partial charge >= 0.3 is 0 Å². The number of aliphatic imine (C=N–C) groups is 1. The monoisotopic (exact) mass is 361 g/mol. The lowest BCUT2D eigenvalue weighted by Crippen LogP contribution is -2.41. The van der Waals surface area contributed by atoms with Crippen LogP contribution >= 0.6 is 24.0 Å². The van der Waals surface area contributed by atoms with Crippen LogP contribution in [0.2, 0.25) is 0 Å². The lowest BCUT2D eigenvalue weighted by atomic mass is 10.1. The second-order valence-corrected chi connectivity index (χ2v) is 4.53. The predicted molar refractivity (Wildman–Crippen MR) is 89.9 cm³/mol. The van der Waals surface area contributed by atoms with Gasteiger partial charge in [0.1, 0.15) is 0 Å². The third-order valence-corrected chi connectivity index (χ3v) is 2.48. The van der Waals surface area contributed by atoms with Gasteiger partial charge in [-0.1, -0.05) is 29.8 Å². The highest BCUT2D eigenvalue weighted by Gasteiger charge is 1.99. The van der Waals surface area contributed by atoms with Crippen molar-refractivity contribution in [2.45, 2.75) is 33.2 Å². The second-order valence-electron chi connectivity index (χ2n) is 4.53. The van der Waals surface area contributed by atoms with E-state index in [0.29, 0.717) is 6.04 Å². The standard InChI is InChI=1S/C14H23N3.HI/c1-11(2)17-14(15-4)16-10-9-13-7-5-12(3)6-8-13;/h5-8,11H,9-10H2,1-4H3,(H2,15,16,17);1H. The Kier molecular flexibility index (Phi) is 8.79. The maximum absolute atomic E-state index is 4.17. The molecule has 102 valence electrons. The third-order valence-electron chi connectivity index (χ3n) is 2.48. The van der Waals surface area contributed by atoms with Gasteiger partial charge in [0.05, 0.1) is 0 Å². The summed E-state index contributed by atoms with van der Waals surface area (Å²) in [6.45, 7) is 7.21. The summed E-state index contributed by atoms with van der Waals surface area (Å²) in [7, 11) is 1.80. The zero-order valence-corrected chi connectivity index (χ0v) is 14.0. The fourth-order valence-electron chi connectivity index (χ4n) is 1.55. The Bertz CT molecular complexity index is 358. The number of hydrogen-bond acceptors (Lipinski definition) is 1. The first-order chi connectivity index (χ1) is 8.11. The van der Waals surface area contributed by atoms with E-state index < -0.39 is 0 Å². The summed E-state index contributed by atoms with van der Waals surface area (Å²) in [5.74, 6) is 0.868. The first-order valence-corrected chi connectivity index (χ1v) is 6.14. The van der Waals surface area contributed by atoms with Gasteiger partial charge < -0.3 is 10.6 Å². The van der Waals surface area contributed by atoms with Crippen LogP contribution in [0.4, 0.5) is 0 Å². The fraction of sp³-hybridized carbons (Fsp3) is 0.500. The van der Waals surface area contributed by atoms with Crippen molar-refractivity contribution < 1.29 is 0 Å². The van der Waals surface area contributed by atoms with Crippen LogP contribution in [0.15, 0.2) is 29.3 Å². The topological polar surface area (TPSA) is 36.4 Å². The SMILES string of the molecule is CN=C(NCCc1ccc(C)cc1)NC(C)C.I. The molecule has 0 unspecified atom stereocenters. The molecule has 0 saturated heterocycles. The van der Waals surface area contributed by atoms with Crippen molar-refractivity contribution in [2.24, 2.45) is 4.99 Å². The van der Waals surface area contributed by atoms with E-state index in [1.54, 1.807) is 7.05 Å². The maximum atomic E-state index is 4.17. The van der Waals surface area contributed by atoms with Gasteiger partial charge in [0.25, 0.3) is 0 Å². The van der Waals surface area contributed by atoms with Gasteiger partial charge in [0, 0.05) is 19.6 Å². The molecule has 18 heavy (non-hydrogen) atoms. The second kappa shape index (κ2) is 9.19. The average molecular weight is 361 g/mol. The van der Waals surface area contributed by atoms with Gasteiger partial charge in [0.15, 0.2) is 5.96 Å². The number of nitrogens with one attached hydrogen (secondary N) is 2. The van der Waals surface area contributed by atoms with E-state index in [1.807, 2.05) is 0 Å². The minimum absolute atomic E-state index is 0. The molecule has 4 heteroatoms. The molecular formula is C14H24IN3. The molecule has 0 saturated carbocycles. The van der Waals surface area contributed by atoms with Crippen molar-refractivity contribution in [3.63, 3.8) is 0 Å². The van der Waals surface area contributed by atoms with Crippen molar-refractivity contribution in [1.82, 2.24) is 10.6 Å². The molecule has 0 atom stereocenters. The summed E-state index contributed by atoms with van der Waals surface area (Å²) in [6.07, 6.45) is 1.01. The highest BCUT2D eigenvalue weighted by atomic mass is 127. The van der Waals surface area contributed by atoms with Crippen LogP contribution < -0.4 is 10.6 Å². The zero-order chi connectivity index (χ0) is 12.7. The van der Waals surface area contributed by atoms with Crippen LogP contribution in [0.25, 0.3) is 0 Å². The van der Waals surface area contributed by atoms with Gasteiger partial charge in [-0.25, -0.2) is 0 Å². The summed E-state index contributed by atoms with van der Waals surface area (Å²) >= 11 is 0. The van der Waals surface area contributed by atoms with E-state index in [4.69, 9.17) is 0 Å². The molecule has 0 fully saturated rings.